The summed E-state index contributed by atoms with van der Waals surface area (Å²) in [5.74, 6) is 1.59. The fourth-order valence-corrected chi connectivity index (χ4v) is 4.33. The van der Waals surface area contributed by atoms with Gasteiger partial charge in [0.05, 0.1) is 5.75 Å². The van der Waals surface area contributed by atoms with Crippen LogP contribution in [0.15, 0.2) is 40.7 Å². The zero-order chi connectivity index (χ0) is 18.8. The number of ether oxygens (including phenoxy) is 2. The molecule has 1 aromatic heterocycles. The maximum Gasteiger partial charge on any atom is 0.231 e. The lowest BCUT2D eigenvalue weighted by atomic mass is 10.1. The number of aryl methyl sites for hydroxylation is 2. The highest BCUT2D eigenvalue weighted by molar-refractivity contribution is 8.01. The summed E-state index contributed by atoms with van der Waals surface area (Å²) in [6.07, 6.45) is 0. The van der Waals surface area contributed by atoms with E-state index in [2.05, 4.69) is 41.5 Å². The molecule has 1 aliphatic heterocycles. The number of benzene rings is 2. The molecule has 0 radical (unpaired) electrons. The van der Waals surface area contributed by atoms with E-state index in [1.54, 1.807) is 18.2 Å². The highest BCUT2D eigenvalue weighted by atomic mass is 32.2. The lowest BCUT2D eigenvalue weighted by Crippen LogP contribution is -2.02. The van der Waals surface area contributed by atoms with E-state index in [0.29, 0.717) is 22.2 Å². The molecule has 0 amide bonds. The van der Waals surface area contributed by atoms with E-state index in [0.717, 1.165) is 15.6 Å². The van der Waals surface area contributed by atoms with E-state index in [9.17, 15) is 4.79 Å². The summed E-state index contributed by atoms with van der Waals surface area (Å²) < 4.78 is 11.3. The molecule has 6 nitrogen and oxygen atoms in total. The van der Waals surface area contributed by atoms with E-state index >= 15 is 0 Å². The van der Waals surface area contributed by atoms with Gasteiger partial charge < -0.3 is 14.8 Å². The SMILES string of the molecule is Cc1ccc(Nc2nnc(SCC(=O)c3ccc4c(c3)OCO4)s2)c(C)c1. The van der Waals surface area contributed by atoms with Crippen molar-refractivity contribution in [2.75, 3.05) is 17.9 Å². The number of carbonyl (C=O) groups excluding carboxylic acids is 1. The maximum absolute atomic E-state index is 12.4. The van der Waals surface area contributed by atoms with Gasteiger partial charge in [0.2, 0.25) is 11.9 Å². The lowest BCUT2D eigenvalue weighted by molar-refractivity contribution is 0.102. The zero-order valence-corrected chi connectivity index (χ0v) is 16.4. The van der Waals surface area contributed by atoms with Crippen LogP contribution >= 0.6 is 23.1 Å². The van der Waals surface area contributed by atoms with Crippen molar-refractivity contribution in [3.63, 3.8) is 0 Å². The Morgan fingerprint density at radius 3 is 2.85 bits per heavy atom. The van der Waals surface area contributed by atoms with Crippen LogP contribution in [0, 0.1) is 13.8 Å². The van der Waals surface area contributed by atoms with Crippen molar-refractivity contribution in [3.8, 4) is 11.5 Å². The molecular weight excluding hydrogens is 382 g/mol. The highest BCUT2D eigenvalue weighted by Gasteiger charge is 2.17. The van der Waals surface area contributed by atoms with Gasteiger partial charge in [-0.2, -0.15) is 0 Å². The summed E-state index contributed by atoms with van der Waals surface area (Å²) >= 11 is 2.81. The van der Waals surface area contributed by atoms with Crippen molar-refractivity contribution >= 4 is 39.7 Å². The third kappa shape index (κ3) is 4.06. The van der Waals surface area contributed by atoms with Crippen LogP contribution in [0.25, 0.3) is 0 Å². The van der Waals surface area contributed by atoms with Gasteiger partial charge in [0.1, 0.15) is 0 Å². The second-order valence-corrected chi connectivity index (χ2v) is 8.30. The normalized spacial score (nSPS) is 12.2. The van der Waals surface area contributed by atoms with Gasteiger partial charge in [-0.3, -0.25) is 4.79 Å². The molecule has 1 N–H and O–H groups in total. The third-order valence-electron chi connectivity index (χ3n) is 4.05. The first-order valence-electron chi connectivity index (χ1n) is 8.32. The van der Waals surface area contributed by atoms with Crippen molar-refractivity contribution in [3.05, 3.63) is 53.1 Å². The average Bonchev–Trinajstić information content (AvgIpc) is 3.30. The number of carbonyl (C=O) groups is 1. The number of hydrogen-bond donors (Lipinski definition) is 1. The first-order chi connectivity index (χ1) is 13.1. The number of thioether (sulfide) groups is 1. The number of anilines is 2. The van der Waals surface area contributed by atoms with Crippen LogP contribution in [0.3, 0.4) is 0 Å². The molecule has 0 fully saturated rings. The van der Waals surface area contributed by atoms with E-state index in [1.165, 1.54) is 28.7 Å². The minimum atomic E-state index is 0.0115. The second-order valence-electron chi connectivity index (χ2n) is 6.10. The smallest absolute Gasteiger partial charge is 0.231 e. The zero-order valence-electron chi connectivity index (χ0n) is 14.8. The first-order valence-corrected chi connectivity index (χ1v) is 10.1. The first kappa shape index (κ1) is 17.8. The molecule has 27 heavy (non-hydrogen) atoms. The van der Waals surface area contributed by atoms with Gasteiger partial charge in [0.25, 0.3) is 0 Å². The molecule has 8 heteroatoms. The summed E-state index contributed by atoms with van der Waals surface area (Å²) in [5, 5.41) is 12.3. The van der Waals surface area contributed by atoms with Crippen LogP contribution in [0.4, 0.5) is 10.8 Å². The monoisotopic (exact) mass is 399 g/mol. The van der Waals surface area contributed by atoms with Crippen molar-refractivity contribution in [2.24, 2.45) is 0 Å². The minimum Gasteiger partial charge on any atom is -0.454 e. The molecule has 3 aromatic rings. The molecule has 2 aromatic carbocycles. The number of nitrogens with zero attached hydrogens (tertiary/aromatic N) is 2. The number of ketones is 1. The highest BCUT2D eigenvalue weighted by Crippen LogP contribution is 2.34. The van der Waals surface area contributed by atoms with Gasteiger partial charge in [0.15, 0.2) is 21.6 Å². The number of hydrogen-bond acceptors (Lipinski definition) is 8. The summed E-state index contributed by atoms with van der Waals surface area (Å²) in [4.78, 5) is 12.4. The molecule has 138 valence electrons. The molecule has 1 aliphatic rings. The predicted molar refractivity (Wildman–Crippen MR) is 107 cm³/mol. The Morgan fingerprint density at radius 2 is 2.00 bits per heavy atom. The molecule has 0 spiro atoms. The average molecular weight is 399 g/mol. The van der Waals surface area contributed by atoms with Gasteiger partial charge in [-0.1, -0.05) is 40.8 Å². The molecule has 0 bridgehead atoms. The van der Waals surface area contributed by atoms with Crippen LogP contribution in [0.2, 0.25) is 0 Å². The standard InChI is InChI=1S/C19H17N3O3S2/c1-11-3-5-14(12(2)7-11)20-18-21-22-19(27-18)26-9-15(23)13-4-6-16-17(8-13)25-10-24-16/h3-8H,9-10H2,1-2H3,(H,20,21). The molecule has 2 heterocycles. The van der Waals surface area contributed by atoms with Crippen molar-refractivity contribution in [1.29, 1.82) is 0 Å². The maximum atomic E-state index is 12.4. The Morgan fingerprint density at radius 1 is 1.15 bits per heavy atom. The number of rotatable bonds is 6. The summed E-state index contributed by atoms with van der Waals surface area (Å²) in [6, 6.07) is 11.4. The van der Waals surface area contributed by atoms with E-state index < -0.39 is 0 Å². The minimum absolute atomic E-state index is 0.0115. The van der Waals surface area contributed by atoms with E-state index in [-0.39, 0.29) is 18.3 Å². The third-order valence-corrected chi connectivity index (χ3v) is 6.02. The topological polar surface area (TPSA) is 73.3 Å². The Labute approximate surface area is 164 Å². The van der Waals surface area contributed by atoms with Crippen LogP contribution in [-0.2, 0) is 0 Å². The van der Waals surface area contributed by atoms with Crippen LogP contribution in [0.5, 0.6) is 11.5 Å². The van der Waals surface area contributed by atoms with E-state index in [1.807, 2.05) is 6.07 Å². The fraction of sp³-hybridized carbons (Fsp3) is 0.211. The molecule has 4 rings (SSSR count). The number of fused-ring (bicyclic) bond motifs is 1. The van der Waals surface area contributed by atoms with Crippen molar-refractivity contribution in [2.45, 2.75) is 18.2 Å². The largest absolute Gasteiger partial charge is 0.454 e. The summed E-state index contributed by atoms with van der Waals surface area (Å²) in [7, 11) is 0. The van der Waals surface area contributed by atoms with Gasteiger partial charge in [0, 0.05) is 11.3 Å². The number of aromatic nitrogens is 2. The fourth-order valence-electron chi connectivity index (χ4n) is 2.67. The van der Waals surface area contributed by atoms with Crippen molar-refractivity contribution < 1.29 is 14.3 Å². The van der Waals surface area contributed by atoms with E-state index in [4.69, 9.17) is 9.47 Å². The quantitative estimate of drug-likeness (QED) is 0.479. The van der Waals surface area contributed by atoms with Gasteiger partial charge in [-0.25, -0.2) is 0 Å². The van der Waals surface area contributed by atoms with Crippen LogP contribution < -0.4 is 14.8 Å². The van der Waals surface area contributed by atoms with Crippen LogP contribution in [0.1, 0.15) is 21.5 Å². The molecule has 0 saturated carbocycles. The Hall–Kier alpha value is -2.58. The molecule has 0 unspecified atom stereocenters. The molecule has 0 atom stereocenters. The van der Waals surface area contributed by atoms with Gasteiger partial charge in [-0.15, -0.1) is 10.2 Å². The number of Topliss-reactive ketones (excluding diaryl/α,β-unsaturated/α-hetero) is 1. The molecular formula is C19H17N3O3S2. The summed E-state index contributed by atoms with van der Waals surface area (Å²) in [6.45, 7) is 4.31. The second kappa shape index (κ2) is 7.58. The van der Waals surface area contributed by atoms with Crippen LogP contribution in [-0.4, -0.2) is 28.5 Å². The summed E-state index contributed by atoms with van der Waals surface area (Å²) in [5.41, 5.74) is 3.97. The van der Waals surface area contributed by atoms with Crippen molar-refractivity contribution in [1.82, 2.24) is 10.2 Å². The Balaban J connectivity index is 1.37. The number of nitrogens with one attached hydrogen (secondary N) is 1. The predicted octanol–water partition coefficient (Wildman–Crippen LogP) is 4.60. The Bertz CT molecular complexity index is 1000. The van der Waals surface area contributed by atoms with Gasteiger partial charge in [-0.05, 0) is 43.7 Å². The molecule has 0 aliphatic carbocycles. The lowest BCUT2D eigenvalue weighted by Gasteiger charge is -2.06. The Kier molecular flexibility index (Phi) is 5.00. The van der Waals surface area contributed by atoms with Gasteiger partial charge >= 0.3 is 0 Å². The molecule has 0 saturated heterocycles.